The van der Waals surface area contributed by atoms with E-state index in [1.165, 1.54) is 42.4 Å². The second-order valence-corrected chi connectivity index (χ2v) is 7.80. The first kappa shape index (κ1) is 19.1. The van der Waals surface area contributed by atoms with Crippen LogP contribution in [0.15, 0.2) is 23.6 Å². The lowest BCUT2D eigenvalue weighted by Crippen LogP contribution is -2.33. The average Bonchev–Trinajstić information content (AvgIpc) is 3.03. The van der Waals surface area contributed by atoms with E-state index >= 15 is 0 Å². The highest BCUT2D eigenvalue weighted by Gasteiger charge is 2.17. The van der Waals surface area contributed by atoms with Crippen molar-refractivity contribution in [1.82, 2.24) is 9.88 Å². The average molecular weight is 398 g/mol. The Morgan fingerprint density at radius 3 is 3.15 bits per heavy atom. The quantitative estimate of drug-likeness (QED) is 0.794. The number of amides is 1. The Hall–Kier alpha value is -1.70. The minimum absolute atomic E-state index is 0.0421. The van der Waals surface area contributed by atoms with E-state index in [1.807, 2.05) is 5.38 Å². The van der Waals surface area contributed by atoms with Crippen LogP contribution in [0.2, 0.25) is 5.02 Å². The SMILES string of the molecule is CC1CCCN(Cc2csc(NC(=O)COc3ccc(F)c(Cl)c3)n2)C1. The number of piperidine rings is 1. The van der Waals surface area contributed by atoms with Gasteiger partial charge >= 0.3 is 0 Å². The van der Waals surface area contributed by atoms with Crippen molar-refractivity contribution in [2.24, 2.45) is 5.92 Å². The highest BCUT2D eigenvalue weighted by atomic mass is 35.5. The summed E-state index contributed by atoms with van der Waals surface area (Å²) in [5.74, 6) is 0.212. The van der Waals surface area contributed by atoms with E-state index in [9.17, 15) is 9.18 Å². The fraction of sp³-hybridized carbons (Fsp3) is 0.444. The molecule has 5 nitrogen and oxygen atoms in total. The van der Waals surface area contributed by atoms with Gasteiger partial charge in [0.25, 0.3) is 5.91 Å². The second kappa shape index (κ2) is 8.79. The van der Waals surface area contributed by atoms with Gasteiger partial charge in [-0.25, -0.2) is 9.37 Å². The van der Waals surface area contributed by atoms with Crippen molar-refractivity contribution in [3.63, 3.8) is 0 Å². The summed E-state index contributed by atoms with van der Waals surface area (Å²) in [6, 6.07) is 3.96. The van der Waals surface area contributed by atoms with Gasteiger partial charge in [-0.15, -0.1) is 11.3 Å². The minimum atomic E-state index is -0.526. The largest absolute Gasteiger partial charge is 0.484 e. The number of rotatable bonds is 6. The van der Waals surface area contributed by atoms with Gasteiger partial charge < -0.3 is 4.74 Å². The predicted molar refractivity (Wildman–Crippen MR) is 101 cm³/mol. The lowest BCUT2D eigenvalue weighted by molar-refractivity contribution is -0.118. The number of benzene rings is 1. The van der Waals surface area contributed by atoms with Gasteiger partial charge in [0.05, 0.1) is 10.7 Å². The number of nitrogens with zero attached hydrogens (tertiary/aromatic N) is 2. The van der Waals surface area contributed by atoms with E-state index in [0.717, 1.165) is 31.2 Å². The van der Waals surface area contributed by atoms with Gasteiger partial charge in [0.2, 0.25) is 0 Å². The Labute approximate surface area is 161 Å². The molecule has 1 saturated heterocycles. The molecule has 0 bridgehead atoms. The van der Waals surface area contributed by atoms with Crippen molar-refractivity contribution in [2.45, 2.75) is 26.3 Å². The number of thiazole rings is 1. The summed E-state index contributed by atoms with van der Waals surface area (Å²) in [5, 5.41) is 5.20. The molecule has 8 heteroatoms. The van der Waals surface area contributed by atoms with E-state index in [2.05, 4.69) is 22.1 Å². The minimum Gasteiger partial charge on any atom is -0.484 e. The Morgan fingerprint density at radius 1 is 1.54 bits per heavy atom. The van der Waals surface area contributed by atoms with Gasteiger partial charge in [0.1, 0.15) is 11.6 Å². The summed E-state index contributed by atoms with van der Waals surface area (Å²) in [6.45, 7) is 5.07. The van der Waals surface area contributed by atoms with Crippen LogP contribution in [-0.2, 0) is 11.3 Å². The van der Waals surface area contributed by atoms with E-state index in [1.54, 1.807) is 0 Å². The number of hydrogen-bond acceptors (Lipinski definition) is 5. The molecule has 1 atom stereocenters. The standard InChI is InChI=1S/C18H21ClFN3O2S/c1-12-3-2-6-23(8-12)9-13-11-26-18(21-13)22-17(24)10-25-14-4-5-16(20)15(19)7-14/h4-5,7,11-12H,2-3,6,8-10H2,1H3,(H,21,22,24). The summed E-state index contributed by atoms with van der Waals surface area (Å²) >= 11 is 7.08. The molecule has 0 saturated carbocycles. The zero-order valence-corrected chi connectivity index (χ0v) is 16.1. The molecule has 26 heavy (non-hydrogen) atoms. The first-order chi connectivity index (χ1) is 12.5. The number of anilines is 1. The van der Waals surface area contributed by atoms with Crippen molar-refractivity contribution >= 4 is 34.0 Å². The lowest BCUT2D eigenvalue weighted by Gasteiger charge is -2.30. The summed E-state index contributed by atoms with van der Waals surface area (Å²) in [4.78, 5) is 18.9. The fourth-order valence-corrected chi connectivity index (χ4v) is 3.86. The monoisotopic (exact) mass is 397 g/mol. The molecule has 1 fully saturated rings. The number of ether oxygens (including phenoxy) is 1. The van der Waals surface area contributed by atoms with Crippen LogP contribution in [0.5, 0.6) is 5.75 Å². The number of carbonyl (C=O) groups excluding carboxylic acids is 1. The van der Waals surface area contributed by atoms with Gasteiger partial charge in [0.15, 0.2) is 11.7 Å². The second-order valence-electron chi connectivity index (χ2n) is 6.54. The number of likely N-dealkylation sites (tertiary alicyclic amines) is 1. The number of aromatic nitrogens is 1. The Morgan fingerprint density at radius 2 is 2.38 bits per heavy atom. The molecule has 2 heterocycles. The molecule has 3 rings (SSSR count). The maximum absolute atomic E-state index is 13.1. The fourth-order valence-electron chi connectivity index (χ4n) is 2.97. The van der Waals surface area contributed by atoms with Gasteiger partial charge in [-0.3, -0.25) is 15.0 Å². The molecule has 1 aliphatic rings. The van der Waals surface area contributed by atoms with E-state index < -0.39 is 5.82 Å². The Kier molecular flexibility index (Phi) is 6.45. The Balaban J connectivity index is 1.47. The van der Waals surface area contributed by atoms with Crippen LogP contribution in [0.1, 0.15) is 25.5 Å². The predicted octanol–water partition coefficient (Wildman–Crippen LogP) is 4.19. The molecule has 1 amide bonds. The summed E-state index contributed by atoms with van der Waals surface area (Å²) in [5.41, 5.74) is 0.964. The number of halogens is 2. The zero-order chi connectivity index (χ0) is 18.5. The number of carbonyl (C=O) groups is 1. The smallest absolute Gasteiger partial charge is 0.264 e. The third-order valence-corrected chi connectivity index (χ3v) is 5.28. The first-order valence-electron chi connectivity index (χ1n) is 8.54. The molecular weight excluding hydrogens is 377 g/mol. The van der Waals surface area contributed by atoms with E-state index in [4.69, 9.17) is 16.3 Å². The van der Waals surface area contributed by atoms with Crippen LogP contribution in [0.25, 0.3) is 0 Å². The molecular formula is C18H21ClFN3O2S. The van der Waals surface area contributed by atoms with Crippen molar-refractivity contribution in [2.75, 3.05) is 25.0 Å². The molecule has 1 aromatic carbocycles. The normalized spacial score (nSPS) is 17.9. The highest BCUT2D eigenvalue weighted by molar-refractivity contribution is 7.13. The van der Waals surface area contributed by atoms with Crippen molar-refractivity contribution in [1.29, 1.82) is 0 Å². The van der Waals surface area contributed by atoms with Crippen LogP contribution >= 0.6 is 22.9 Å². The van der Waals surface area contributed by atoms with Crippen molar-refractivity contribution < 1.29 is 13.9 Å². The van der Waals surface area contributed by atoms with Crippen LogP contribution < -0.4 is 10.1 Å². The number of hydrogen-bond donors (Lipinski definition) is 1. The van der Waals surface area contributed by atoms with Gasteiger partial charge in [-0.2, -0.15) is 0 Å². The number of nitrogens with one attached hydrogen (secondary N) is 1. The van der Waals surface area contributed by atoms with Gasteiger partial charge in [0, 0.05) is 24.5 Å². The topological polar surface area (TPSA) is 54.5 Å². The third-order valence-electron chi connectivity index (χ3n) is 4.19. The van der Waals surface area contributed by atoms with Crippen molar-refractivity contribution in [3.05, 3.63) is 40.1 Å². The maximum Gasteiger partial charge on any atom is 0.264 e. The van der Waals surface area contributed by atoms with Crippen molar-refractivity contribution in [3.8, 4) is 5.75 Å². The van der Waals surface area contributed by atoms with Crippen LogP contribution in [0.4, 0.5) is 9.52 Å². The summed E-state index contributed by atoms with van der Waals surface area (Å²) < 4.78 is 18.4. The van der Waals surface area contributed by atoms with Crippen LogP contribution in [0.3, 0.4) is 0 Å². The zero-order valence-electron chi connectivity index (χ0n) is 14.5. The van der Waals surface area contributed by atoms with E-state index in [0.29, 0.717) is 10.9 Å². The first-order valence-corrected chi connectivity index (χ1v) is 9.80. The molecule has 140 valence electrons. The molecule has 0 aliphatic carbocycles. The Bertz CT molecular complexity index is 771. The molecule has 0 radical (unpaired) electrons. The molecule has 1 N–H and O–H groups in total. The van der Waals surface area contributed by atoms with Crippen LogP contribution in [-0.4, -0.2) is 35.5 Å². The van der Waals surface area contributed by atoms with Crippen LogP contribution in [0, 0.1) is 11.7 Å². The summed E-state index contributed by atoms with van der Waals surface area (Å²) in [7, 11) is 0. The molecule has 1 aliphatic heterocycles. The lowest BCUT2D eigenvalue weighted by atomic mass is 10.0. The highest BCUT2D eigenvalue weighted by Crippen LogP contribution is 2.22. The van der Waals surface area contributed by atoms with Gasteiger partial charge in [-0.05, 0) is 37.4 Å². The molecule has 1 unspecified atom stereocenters. The molecule has 2 aromatic rings. The summed E-state index contributed by atoms with van der Waals surface area (Å²) in [6.07, 6.45) is 2.51. The third kappa shape index (κ3) is 5.40. The molecule has 0 spiro atoms. The molecule has 1 aromatic heterocycles. The van der Waals surface area contributed by atoms with E-state index in [-0.39, 0.29) is 17.5 Å². The maximum atomic E-state index is 13.1. The van der Waals surface area contributed by atoms with Gasteiger partial charge in [-0.1, -0.05) is 18.5 Å².